The summed E-state index contributed by atoms with van der Waals surface area (Å²) >= 11 is 0. The molecule has 0 aromatic heterocycles. The maximum absolute atomic E-state index is 12.5. The predicted molar refractivity (Wildman–Crippen MR) is 84.8 cm³/mol. The van der Waals surface area contributed by atoms with E-state index < -0.39 is 9.84 Å². The zero-order chi connectivity index (χ0) is 16.4. The van der Waals surface area contributed by atoms with Gasteiger partial charge < -0.3 is 10.2 Å². The van der Waals surface area contributed by atoms with Crippen molar-refractivity contribution in [3.8, 4) is 0 Å². The molecule has 0 atom stereocenters. The van der Waals surface area contributed by atoms with Gasteiger partial charge in [0.2, 0.25) is 5.91 Å². The van der Waals surface area contributed by atoms with Crippen LogP contribution in [0, 0.1) is 0 Å². The van der Waals surface area contributed by atoms with Gasteiger partial charge in [-0.1, -0.05) is 12.8 Å². The van der Waals surface area contributed by atoms with E-state index in [-0.39, 0.29) is 28.5 Å². The van der Waals surface area contributed by atoms with Gasteiger partial charge in [0, 0.05) is 18.7 Å². The van der Waals surface area contributed by atoms with Gasteiger partial charge in [0.1, 0.15) is 0 Å². The maximum atomic E-state index is 12.5. The molecule has 1 N–H and O–H groups in total. The second kappa shape index (κ2) is 6.31. The molecule has 1 saturated carbocycles. The number of carbonyl (C=O) groups is 2. The van der Waals surface area contributed by atoms with Crippen LogP contribution in [-0.4, -0.2) is 50.0 Å². The minimum Gasteiger partial charge on any atom is -0.353 e. The van der Waals surface area contributed by atoms with Crippen molar-refractivity contribution in [2.45, 2.75) is 35.8 Å². The molecular formula is C16H20N2O4S. The third-order valence-electron chi connectivity index (χ3n) is 4.50. The number of nitrogens with one attached hydrogen (secondary N) is 1. The topological polar surface area (TPSA) is 83.6 Å². The lowest BCUT2D eigenvalue weighted by atomic mass is 10.2. The van der Waals surface area contributed by atoms with Crippen molar-refractivity contribution in [1.82, 2.24) is 10.2 Å². The second-order valence-electron chi connectivity index (χ2n) is 6.05. The molecule has 1 aliphatic carbocycles. The lowest BCUT2D eigenvalue weighted by Gasteiger charge is -2.26. The number of hydrogen-bond donors (Lipinski definition) is 1. The van der Waals surface area contributed by atoms with E-state index in [0.29, 0.717) is 31.5 Å². The highest BCUT2D eigenvalue weighted by Gasteiger charge is 2.30. The summed E-state index contributed by atoms with van der Waals surface area (Å²) in [6.45, 7) is 0.951. The highest BCUT2D eigenvalue weighted by molar-refractivity contribution is 7.92. The number of carbonyl (C=O) groups excluding carboxylic acids is 2. The summed E-state index contributed by atoms with van der Waals surface area (Å²) in [5.74, 6) is -0.422. The highest BCUT2D eigenvalue weighted by Crippen LogP contribution is 2.29. The molecule has 1 aliphatic heterocycles. The van der Waals surface area contributed by atoms with E-state index in [0.717, 1.165) is 12.8 Å². The molecule has 2 amide bonds. The fourth-order valence-electron chi connectivity index (χ4n) is 3.17. The molecule has 7 heteroatoms. The Hall–Kier alpha value is -1.89. The molecule has 0 spiro atoms. The van der Waals surface area contributed by atoms with Crippen LogP contribution in [0.5, 0.6) is 0 Å². The minimum absolute atomic E-state index is 0.0426. The van der Waals surface area contributed by atoms with Crippen molar-refractivity contribution < 1.29 is 18.0 Å². The molecule has 2 aliphatic rings. The third kappa shape index (κ3) is 3.24. The summed E-state index contributed by atoms with van der Waals surface area (Å²) in [5.41, 5.74) is 0.407. The second-order valence-corrected chi connectivity index (χ2v) is 8.28. The largest absolute Gasteiger partial charge is 0.353 e. The van der Waals surface area contributed by atoms with Crippen molar-refractivity contribution in [3.05, 3.63) is 29.8 Å². The number of piperazine rings is 1. The van der Waals surface area contributed by atoms with Gasteiger partial charge in [0.25, 0.3) is 5.91 Å². The van der Waals surface area contributed by atoms with Crippen LogP contribution in [0.2, 0.25) is 0 Å². The molecule has 1 aromatic carbocycles. The first kappa shape index (κ1) is 16.0. The van der Waals surface area contributed by atoms with Crippen LogP contribution in [0.4, 0.5) is 0 Å². The van der Waals surface area contributed by atoms with Crippen molar-refractivity contribution >= 4 is 21.7 Å². The summed E-state index contributed by atoms with van der Waals surface area (Å²) in [7, 11) is -3.30. The fourth-order valence-corrected chi connectivity index (χ4v) is 5.03. The van der Waals surface area contributed by atoms with Gasteiger partial charge in [-0.25, -0.2) is 8.42 Å². The monoisotopic (exact) mass is 336 g/mol. The fraction of sp³-hybridized carbons (Fsp3) is 0.500. The number of hydrogen-bond acceptors (Lipinski definition) is 4. The van der Waals surface area contributed by atoms with Crippen LogP contribution in [0.1, 0.15) is 36.0 Å². The van der Waals surface area contributed by atoms with Crippen molar-refractivity contribution in [3.63, 3.8) is 0 Å². The lowest BCUT2D eigenvalue weighted by molar-refractivity contribution is -0.123. The summed E-state index contributed by atoms with van der Waals surface area (Å²) in [6.07, 6.45) is 3.34. The standard InChI is InChI=1S/C16H20N2O4S/c19-15-11-18(10-9-17-15)16(20)12-5-7-14(8-6-12)23(21,22)13-3-1-2-4-13/h5-8,13H,1-4,9-11H2,(H,17,19). The Morgan fingerprint density at radius 3 is 2.39 bits per heavy atom. The van der Waals surface area contributed by atoms with Gasteiger partial charge in [0.15, 0.2) is 9.84 Å². The van der Waals surface area contributed by atoms with E-state index in [1.165, 1.54) is 29.2 Å². The SMILES string of the molecule is O=C1CN(C(=O)c2ccc(S(=O)(=O)C3CCCC3)cc2)CCN1. The summed E-state index contributed by atoms with van der Waals surface area (Å²) in [4.78, 5) is 25.5. The lowest BCUT2D eigenvalue weighted by Crippen LogP contribution is -2.49. The number of amides is 2. The first-order valence-electron chi connectivity index (χ1n) is 7.88. The first-order chi connectivity index (χ1) is 11.0. The van der Waals surface area contributed by atoms with Crippen LogP contribution >= 0.6 is 0 Å². The molecule has 23 heavy (non-hydrogen) atoms. The quantitative estimate of drug-likeness (QED) is 0.892. The summed E-state index contributed by atoms with van der Waals surface area (Å²) in [6, 6.07) is 6.09. The van der Waals surface area contributed by atoms with Gasteiger partial charge in [0.05, 0.1) is 16.7 Å². The number of nitrogens with zero attached hydrogens (tertiary/aromatic N) is 1. The Bertz CT molecular complexity index is 706. The Morgan fingerprint density at radius 1 is 1.13 bits per heavy atom. The van der Waals surface area contributed by atoms with Gasteiger partial charge >= 0.3 is 0 Å². The average molecular weight is 336 g/mol. The molecular weight excluding hydrogens is 316 g/mol. The number of sulfone groups is 1. The van der Waals surface area contributed by atoms with Crippen LogP contribution in [-0.2, 0) is 14.6 Å². The van der Waals surface area contributed by atoms with E-state index in [2.05, 4.69) is 5.32 Å². The Morgan fingerprint density at radius 2 is 1.78 bits per heavy atom. The normalized spacial score (nSPS) is 19.7. The van der Waals surface area contributed by atoms with Crippen LogP contribution in [0.25, 0.3) is 0 Å². The van der Waals surface area contributed by atoms with E-state index >= 15 is 0 Å². The first-order valence-corrected chi connectivity index (χ1v) is 9.43. The average Bonchev–Trinajstić information content (AvgIpc) is 3.09. The van der Waals surface area contributed by atoms with Gasteiger partial charge in [-0.15, -0.1) is 0 Å². The van der Waals surface area contributed by atoms with Crippen molar-refractivity contribution in [2.24, 2.45) is 0 Å². The van der Waals surface area contributed by atoms with Gasteiger partial charge in [-0.05, 0) is 37.1 Å². The molecule has 6 nitrogen and oxygen atoms in total. The molecule has 1 heterocycles. The molecule has 3 rings (SSSR count). The zero-order valence-corrected chi connectivity index (χ0v) is 13.6. The van der Waals surface area contributed by atoms with E-state index in [9.17, 15) is 18.0 Å². The summed E-state index contributed by atoms with van der Waals surface area (Å²) < 4.78 is 25.0. The predicted octanol–water partition coefficient (Wildman–Crippen LogP) is 0.975. The zero-order valence-electron chi connectivity index (χ0n) is 12.8. The molecule has 1 aromatic rings. The van der Waals surface area contributed by atoms with Crippen molar-refractivity contribution in [1.29, 1.82) is 0 Å². The molecule has 1 saturated heterocycles. The van der Waals surface area contributed by atoms with Gasteiger partial charge in [-0.3, -0.25) is 9.59 Å². The van der Waals surface area contributed by atoms with Crippen LogP contribution in [0.15, 0.2) is 29.2 Å². The highest BCUT2D eigenvalue weighted by atomic mass is 32.2. The molecule has 2 fully saturated rings. The molecule has 124 valence electrons. The molecule has 0 radical (unpaired) electrons. The Balaban J connectivity index is 1.76. The Labute approximate surface area is 135 Å². The van der Waals surface area contributed by atoms with Gasteiger partial charge in [-0.2, -0.15) is 0 Å². The van der Waals surface area contributed by atoms with Crippen LogP contribution in [0.3, 0.4) is 0 Å². The Kier molecular flexibility index (Phi) is 4.39. The number of benzene rings is 1. The van der Waals surface area contributed by atoms with E-state index in [1.807, 2.05) is 0 Å². The minimum atomic E-state index is -3.30. The van der Waals surface area contributed by atoms with E-state index in [4.69, 9.17) is 0 Å². The smallest absolute Gasteiger partial charge is 0.254 e. The molecule has 0 unspecified atom stereocenters. The number of rotatable bonds is 3. The molecule has 0 bridgehead atoms. The van der Waals surface area contributed by atoms with Crippen molar-refractivity contribution in [2.75, 3.05) is 19.6 Å². The van der Waals surface area contributed by atoms with Crippen LogP contribution < -0.4 is 5.32 Å². The summed E-state index contributed by atoms with van der Waals surface area (Å²) in [5, 5.41) is 2.37. The van der Waals surface area contributed by atoms with E-state index in [1.54, 1.807) is 0 Å². The maximum Gasteiger partial charge on any atom is 0.254 e. The third-order valence-corrected chi connectivity index (χ3v) is 6.77.